The molecule has 0 aliphatic carbocycles. The second-order valence-corrected chi connectivity index (χ2v) is 19.7. The SMILES string of the molecule is CC(=O)c1c[nH]c2c([N+](=O)[O-])cccc2c1=O.CC(O)(c1ccc(NC(=O)c2c[nH]c3c([N+](=O)[O-])cccc3c2=O)cc1)C(F)(F)F.CCCCNC(=O)c1c[nH]c2c([N+](=O)[O-])cccc2c1=O.O=C(NCc1ccccn1)c1c[nH]c2c([N+](=O)[O-])cccc2c1=O. The van der Waals surface area contributed by atoms with Crippen molar-refractivity contribution in [2.24, 2.45) is 0 Å². The van der Waals surface area contributed by atoms with Gasteiger partial charge >= 0.3 is 6.18 Å². The molecule has 0 saturated heterocycles. The third-order valence-electron chi connectivity index (χ3n) is 13.7. The summed E-state index contributed by atoms with van der Waals surface area (Å²) in [6.45, 7) is 4.53. The lowest BCUT2D eigenvalue weighted by molar-refractivity contribution is -0.383. The number of nitro benzene ring substituents is 4. The van der Waals surface area contributed by atoms with E-state index in [-0.39, 0.29) is 107 Å². The summed E-state index contributed by atoms with van der Waals surface area (Å²) in [6, 6.07) is 25.9. The topological polar surface area (TPSA) is 441 Å². The van der Waals surface area contributed by atoms with E-state index < -0.39 is 76.5 Å². The second kappa shape index (κ2) is 28.6. The van der Waals surface area contributed by atoms with Gasteiger partial charge in [0, 0.05) is 67.5 Å². The predicted octanol–water partition coefficient (Wildman–Crippen LogP) is 8.82. The number of ketones is 1. The van der Waals surface area contributed by atoms with Crippen LogP contribution in [0.4, 0.5) is 41.6 Å². The molecular weight excluding hydrogens is 1220 g/mol. The van der Waals surface area contributed by atoms with E-state index in [0.29, 0.717) is 19.2 Å². The lowest BCUT2D eigenvalue weighted by Crippen LogP contribution is -2.39. The number of alkyl halides is 3. The van der Waals surface area contributed by atoms with E-state index >= 15 is 0 Å². The minimum absolute atomic E-state index is 0.00185. The number of carbonyl (C=O) groups excluding carboxylic acids is 4. The van der Waals surface area contributed by atoms with Crippen molar-refractivity contribution in [1.82, 2.24) is 35.6 Å². The molecule has 3 amide bonds. The Morgan fingerprint density at radius 2 is 0.891 bits per heavy atom. The highest BCUT2D eigenvalue weighted by Gasteiger charge is 2.51. The number of halogens is 3. The highest BCUT2D eigenvalue weighted by molar-refractivity contribution is 6.06. The number of para-hydroxylation sites is 4. The maximum Gasteiger partial charge on any atom is 0.421 e. The molecule has 1 unspecified atom stereocenters. The molecule has 1 atom stereocenters. The van der Waals surface area contributed by atoms with Gasteiger partial charge in [-0.1, -0.05) is 55.8 Å². The Kier molecular flexibility index (Phi) is 20.8. The van der Waals surface area contributed by atoms with Crippen molar-refractivity contribution in [2.45, 2.75) is 51.9 Å². The van der Waals surface area contributed by atoms with Crippen LogP contribution in [0.2, 0.25) is 0 Å². The first kappa shape index (κ1) is 67.0. The second-order valence-electron chi connectivity index (χ2n) is 19.7. The number of hydrogen-bond acceptors (Lipinski definition) is 18. The van der Waals surface area contributed by atoms with Crippen LogP contribution in [0.25, 0.3) is 43.6 Å². The minimum atomic E-state index is -4.89. The fourth-order valence-corrected chi connectivity index (χ4v) is 8.80. The van der Waals surface area contributed by atoms with E-state index in [2.05, 4.69) is 40.9 Å². The fraction of sp³-hybridized carbons (Fsp3) is 0.150. The molecule has 0 aliphatic heterocycles. The predicted molar refractivity (Wildman–Crippen MR) is 328 cm³/mol. The number of hydrogen-bond donors (Lipinski definition) is 8. The summed E-state index contributed by atoms with van der Waals surface area (Å²) in [7, 11) is 0. The molecule has 29 nitrogen and oxygen atoms in total. The average molecular weight is 1270 g/mol. The zero-order valence-electron chi connectivity index (χ0n) is 48.0. The van der Waals surface area contributed by atoms with Gasteiger partial charge in [0.15, 0.2) is 16.8 Å². The zero-order chi connectivity index (χ0) is 67.4. The molecule has 0 bridgehead atoms. The fourth-order valence-electron chi connectivity index (χ4n) is 8.80. The van der Waals surface area contributed by atoms with Crippen molar-refractivity contribution in [3.05, 3.63) is 261 Å². The van der Waals surface area contributed by atoms with Crippen molar-refractivity contribution >= 4 is 95.6 Å². The molecule has 5 heterocycles. The summed E-state index contributed by atoms with van der Waals surface area (Å²) >= 11 is 0. The number of amides is 3. The number of aromatic amines is 4. The lowest BCUT2D eigenvalue weighted by Gasteiger charge is -2.26. The van der Waals surface area contributed by atoms with Crippen LogP contribution in [0.3, 0.4) is 0 Å². The van der Waals surface area contributed by atoms with Crippen molar-refractivity contribution in [1.29, 1.82) is 0 Å². The van der Waals surface area contributed by atoms with E-state index in [4.69, 9.17) is 0 Å². The van der Waals surface area contributed by atoms with Crippen molar-refractivity contribution in [2.75, 3.05) is 11.9 Å². The summed E-state index contributed by atoms with van der Waals surface area (Å²) in [4.78, 5) is 153. The van der Waals surface area contributed by atoms with Crippen LogP contribution in [0.1, 0.15) is 86.3 Å². The van der Waals surface area contributed by atoms with Crippen LogP contribution in [-0.4, -0.2) is 85.9 Å². The normalized spacial score (nSPS) is 11.5. The summed E-state index contributed by atoms with van der Waals surface area (Å²) in [5.74, 6) is -2.28. The molecule has 0 radical (unpaired) electrons. The first-order valence-corrected chi connectivity index (χ1v) is 26.9. The maximum absolute atomic E-state index is 12.9. The molecule has 92 heavy (non-hydrogen) atoms. The Morgan fingerprint density at radius 1 is 0.522 bits per heavy atom. The number of pyridine rings is 5. The van der Waals surface area contributed by atoms with Gasteiger partial charge < -0.3 is 41.0 Å². The van der Waals surface area contributed by atoms with Crippen LogP contribution in [0, 0.1) is 40.5 Å². The Labute approximate surface area is 511 Å². The van der Waals surface area contributed by atoms with Crippen LogP contribution >= 0.6 is 0 Å². The van der Waals surface area contributed by atoms with E-state index in [1.54, 1.807) is 24.4 Å². The van der Waals surface area contributed by atoms with Gasteiger partial charge in [-0.05, 0) is 74.4 Å². The lowest BCUT2D eigenvalue weighted by atomic mass is 9.95. The summed E-state index contributed by atoms with van der Waals surface area (Å²) in [6.07, 6.45) is 3.10. The summed E-state index contributed by atoms with van der Waals surface area (Å²) in [5.41, 5.74) is -6.19. The molecule has 0 spiro atoms. The number of rotatable bonds is 15. The molecule has 472 valence electrons. The van der Waals surface area contributed by atoms with E-state index in [1.165, 1.54) is 98.3 Å². The van der Waals surface area contributed by atoms with Gasteiger partial charge in [0.25, 0.3) is 40.5 Å². The number of anilines is 1. The Hall–Kier alpha value is -12.5. The van der Waals surface area contributed by atoms with Crippen molar-refractivity contribution in [3.63, 3.8) is 0 Å². The molecule has 10 aromatic rings. The molecule has 5 aromatic carbocycles. The Balaban J connectivity index is 0.000000177. The number of nitro groups is 4. The molecule has 5 aromatic heterocycles. The van der Waals surface area contributed by atoms with Crippen LogP contribution < -0.4 is 37.7 Å². The number of non-ortho nitro benzene ring substituents is 4. The third-order valence-corrected chi connectivity index (χ3v) is 13.7. The highest BCUT2D eigenvalue weighted by atomic mass is 19.4. The van der Waals surface area contributed by atoms with Crippen molar-refractivity contribution < 1.29 is 57.1 Å². The standard InChI is InChI=1S/C19H14F3N3O5.C16H12N4O4.C14H15N3O4.C11H8N2O4/c1-18(28,19(20,21)22)10-5-7-11(8-6-10)24-17(27)13-9-23-15-12(16(13)26)3-2-4-14(15)25(29)30;21-15-11-5-3-6-13(20(23)24)14(11)18-9-12(15)16(22)19-8-10-4-1-2-7-17-10;1-2-3-7-15-14(19)10-8-16-12-9(13(10)18)5-4-6-11(12)17(20)21;1-6(14)8-5-12-10-7(11(8)15)3-2-4-9(10)13(16)17/h2-9,28H,1H3,(H,23,26)(H,24,27);1-7,9H,8H2,(H,18,21)(H,19,22);4-6,8H,2-3,7H2,1H3,(H,15,19)(H,16,18);2-5H,1H3,(H,12,15). The van der Waals surface area contributed by atoms with Gasteiger partial charge in [-0.25, -0.2) is 0 Å². The highest BCUT2D eigenvalue weighted by Crippen LogP contribution is 2.39. The Morgan fingerprint density at radius 3 is 1.24 bits per heavy atom. The third kappa shape index (κ3) is 14.9. The monoisotopic (exact) mass is 1270 g/mol. The largest absolute Gasteiger partial charge is 0.421 e. The van der Waals surface area contributed by atoms with Gasteiger partial charge in [-0.2, -0.15) is 13.2 Å². The van der Waals surface area contributed by atoms with E-state index in [1.807, 2.05) is 6.92 Å². The number of aromatic nitrogens is 5. The number of carbonyl (C=O) groups is 4. The van der Waals surface area contributed by atoms with Gasteiger partial charge in [0.1, 0.15) is 38.8 Å². The van der Waals surface area contributed by atoms with Crippen molar-refractivity contribution in [3.8, 4) is 0 Å². The number of H-pyrrole nitrogens is 4. The first-order chi connectivity index (χ1) is 43.6. The molecule has 8 N–H and O–H groups in total. The molecule has 10 rings (SSSR count). The zero-order valence-corrected chi connectivity index (χ0v) is 48.0. The molecule has 0 saturated carbocycles. The quantitative estimate of drug-likeness (QED) is 0.0205. The van der Waals surface area contributed by atoms with E-state index in [9.17, 15) is 97.1 Å². The van der Waals surface area contributed by atoms with Gasteiger partial charge in [0.2, 0.25) is 16.3 Å². The average Bonchev–Trinajstić information content (AvgIpc) is 0.832. The molecule has 32 heteroatoms. The Bertz CT molecular complexity index is 4820. The number of nitrogens with zero attached hydrogens (tertiary/aromatic N) is 5. The summed E-state index contributed by atoms with van der Waals surface area (Å²) in [5, 5.41) is 61.3. The molecular formula is C60H49F3N12O17. The number of fused-ring (bicyclic) bond motifs is 4. The van der Waals surface area contributed by atoms with Crippen LogP contribution in [-0.2, 0) is 12.1 Å². The van der Waals surface area contributed by atoms with Crippen LogP contribution in [0.5, 0.6) is 0 Å². The molecule has 0 aliphatic rings. The van der Waals surface area contributed by atoms with Gasteiger partial charge in [-0.15, -0.1) is 0 Å². The summed E-state index contributed by atoms with van der Waals surface area (Å²) < 4.78 is 38.7. The molecule has 0 fully saturated rings. The minimum Gasteiger partial charge on any atom is -0.376 e. The van der Waals surface area contributed by atoms with Gasteiger partial charge in [0.05, 0.1) is 59.0 Å². The number of benzene rings is 5. The van der Waals surface area contributed by atoms with Crippen LogP contribution in [0.15, 0.2) is 165 Å². The van der Waals surface area contributed by atoms with E-state index in [0.717, 1.165) is 43.3 Å². The maximum atomic E-state index is 12.9. The number of unbranched alkanes of at least 4 members (excludes halogenated alkanes) is 1. The smallest absolute Gasteiger partial charge is 0.376 e. The number of aliphatic hydroxyl groups is 1. The number of Topliss-reactive ketones (excluding diaryl/α,β-unsaturated/α-hetero) is 1. The number of nitrogens with one attached hydrogen (secondary N) is 7. The van der Waals surface area contributed by atoms with Gasteiger partial charge in [-0.3, -0.25) is 83.8 Å². The first-order valence-electron chi connectivity index (χ1n) is 26.9.